The third-order valence-electron chi connectivity index (χ3n) is 3.34. The smallest absolute Gasteiger partial charge is 0.234 e. The summed E-state index contributed by atoms with van der Waals surface area (Å²) in [5.41, 5.74) is 3.58. The molecule has 0 aromatic heterocycles. The van der Waals surface area contributed by atoms with Crippen molar-refractivity contribution in [1.29, 1.82) is 0 Å². The van der Waals surface area contributed by atoms with E-state index in [2.05, 4.69) is 10.6 Å². The van der Waals surface area contributed by atoms with E-state index in [9.17, 15) is 9.59 Å². The summed E-state index contributed by atoms with van der Waals surface area (Å²) in [4.78, 5) is 24.6. The van der Waals surface area contributed by atoms with Crippen molar-refractivity contribution >= 4 is 35.0 Å². The number of benzene rings is 2. The minimum atomic E-state index is -0.0691. The van der Waals surface area contributed by atoms with Gasteiger partial charge in [0.1, 0.15) is 0 Å². The van der Waals surface area contributed by atoms with E-state index in [4.69, 9.17) is 0 Å². The summed E-state index contributed by atoms with van der Waals surface area (Å²) in [6, 6.07) is 13.5. The Hall–Kier alpha value is -2.27. The van der Waals surface area contributed by atoms with Crippen molar-refractivity contribution in [2.75, 3.05) is 16.4 Å². The largest absolute Gasteiger partial charge is 0.326 e. The topological polar surface area (TPSA) is 58.2 Å². The van der Waals surface area contributed by atoms with Gasteiger partial charge in [-0.2, -0.15) is 0 Å². The fourth-order valence-corrected chi connectivity index (χ4v) is 3.14. The number of carbonyl (C=O) groups is 2. The number of rotatable bonds is 3. The van der Waals surface area contributed by atoms with Gasteiger partial charge >= 0.3 is 0 Å². The number of hydrogen-bond donors (Lipinski definition) is 2. The maximum atomic E-state index is 12.1. The van der Waals surface area contributed by atoms with E-state index < -0.39 is 0 Å². The van der Waals surface area contributed by atoms with Crippen molar-refractivity contribution in [3.8, 4) is 0 Å². The van der Waals surface area contributed by atoms with Crippen molar-refractivity contribution in [1.82, 2.24) is 0 Å². The second-order valence-corrected chi connectivity index (χ2v) is 6.28. The summed E-state index contributed by atoms with van der Waals surface area (Å²) in [5.74, 6) is 0.374. The van der Waals surface area contributed by atoms with Crippen molar-refractivity contribution in [3.63, 3.8) is 0 Å². The molecule has 5 heteroatoms. The van der Waals surface area contributed by atoms with E-state index in [0.717, 1.165) is 27.4 Å². The lowest BCUT2D eigenvalue weighted by molar-refractivity contribution is -0.115. The standard InChI is InChI=1S/C17H16N2O2S/c1-11-3-2-4-13(7-11)18-16(20)9-12-5-6-15-14(8-12)19-17(21)10-22-15/h2-8H,9-10H2,1H3,(H,18,20)(H,19,21). The fraction of sp³-hybridized carbons (Fsp3) is 0.176. The first-order chi connectivity index (χ1) is 10.6. The Kier molecular flexibility index (Phi) is 4.15. The number of anilines is 2. The lowest BCUT2D eigenvalue weighted by Gasteiger charge is -2.17. The summed E-state index contributed by atoms with van der Waals surface area (Å²) in [7, 11) is 0. The Morgan fingerprint density at radius 2 is 2.14 bits per heavy atom. The molecule has 0 aliphatic carbocycles. The molecule has 0 unspecified atom stereocenters. The van der Waals surface area contributed by atoms with Crippen molar-refractivity contribution in [3.05, 3.63) is 53.6 Å². The lowest BCUT2D eigenvalue weighted by atomic mass is 10.1. The van der Waals surface area contributed by atoms with E-state index in [1.165, 1.54) is 11.8 Å². The Bertz CT molecular complexity index is 743. The molecule has 2 aromatic carbocycles. The van der Waals surface area contributed by atoms with Crippen LogP contribution in [0.4, 0.5) is 11.4 Å². The maximum Gasteiger partial charge on any atom is 0.234 e. The molecule has 4 nitrogen and oxygen atoms in total. The van der Waals surface area contributed by atoms with Crippen LogP contribution in [0.5, 0.6) is 0 Å². The van der Waals surface area contributed by atoms with Crippen molar-refractivity contribution in [2.45, 2.75) is 18.2 Å². The summed E-state index contributed by atoms with van der Waals surface area (Å²) < 4.78 is 0. The van der Waals surface area contributed by atoms with Gasteiger partial charge in [-0.05, 0) is 42.3 Å². The molecule has 1 aliphatic rings. The van der Waals surface area contributed by atoms with Crippen LogP contribution in [0.2, 0.25) is 0 Å². The highest BCUT2D eigenvalue weighted by molar-refractivity contribution is 8.00. The van der Waals surface area contributed by atoms with Gasteiger partial charge < -0.3 is 10.6 Å². The zero-order chi connectivity index (χ0) is 15.5. The minimum Gasteiger partial charge on any atom is -0.326 e. The highest BCUT2D eigenvalue weighted by atomic mass is 32.2. The molecule has 22 heavy (non-hydrogen) atoms. The van der Waals surface area contributed by atoms with E-state index in [1.807, 2.05) is 49.4 Å². The number of carbonyl (C=O) groups excluding carboxylic acids is 2. The average molecular weight is 312 g/mol. The molecule has 0 spiro atoms. The molecule has 2 amide bonds. The summed E-state index contributed by atoms with van der Waals surface area (Å²) in [5, 5.41) is 5.73. The third kappa shape index (κ3) is 3.49. The molecule has 0 bridgehead atoms. The summed E-state index contributed by atoms with van der Waals surface area (Å²) >= 11 is 1.52. The molecule has 0 atom stereocenters. The van der Waals surface area contributed by atoms with Gasteiger partial charge in [0.2, 0.25) is 11.8 Å². The molecular formula is C17H16N2O2S. The SMILES string of the molecule is Cc1cccc(NC(=O)Cc2ccc3c(c2)NC(=O)CS3)c1. The van der Waals surface area contributed by atoms with Crippen LogP contribution in [0.25, 0.3) is 0 Å². The van der Waals surface area contributed by atoms with Crippen LogP contribution in [-0.4, -0.2) is 17.6 Å². The lowest BCUT2D eigenvalue weighted by Crippen LogP contribution is -2.19. The predicted molar refractivity (Wildman–Crippen MR) is 89.3 cm³/mol. The number of aryl methyl sites for hydroxylation is 1. The predicted octanol–water partition coefficient (Wildman–Crippen LogP) is 3.22. The van der Waals surface area contributed by atoms with Gasteiger partial charge in [-0.3, -0.25) is 9.59 Å². The Morgan fingerprint density at radius 3 is 2.95 bits per heavy atom. The zero-order valence-corrected chi connectivity index (χ0v) is 13.0. The number of nitrogens with one attached hydrogen (secondary N) is 2. The van der Waals surface area contributed by atoms with Crippen LogP contribution in [0, 0.1) is 6.92 Å². The molecular weight excluding hydrogens is 296 g/mol. The third-order valence-corrected chi connectivity index (χ3v) is 4.42. The second-order valence-electron chi connectivity index (χ2n) is 5.26. The van der Waals surface area contributed by atoms with Gasteiger partial charge in [0, 0.05) is 10.6 Å². The monoisotopic (exact) mass is 312 g/mol. The summed E-state index contributed by atoms with van der Waals surface area (Å²) in [6.45, 7) is 1.99. The average Bonchev–Trinajstić information content (AvgIpc) is 2.46. The van der Waals surface area contributed by atoms with Crippen LogP contribution >= 0.6 is 11.8 Å². The number of amides is 2. The van der Waals surface area contributed by atoms with Crippen LogP contribution in [-0.2, 0) is 16.0 Å². The normalized spacial score (nSPS) is 13.2. The Labute approximate surface area is 133 Å². The zero-order valence-electron chi connectivity index (χ0n) is 12.2. The van der Waals surface area contributed by atoms with E-state index >= 15 is 0 Å². The Balaban J connectivity index is 1.69. The van der Waals surface area contributed by atoms with E-state index in [-0.39, 0.29) is 18.2 Å². The van der Waals surface area contributed by atoms with Crippen LogP contribution in [0.1, 0.15) is 11.1 Å². The van der Waals surface area contributed by atoms with Gasteiger partial charge in [0.15, 0.2) is 0 Å². The van der Waals surface area contributed by atoms with Gasteiger partial charge in [0.05, 0.1) is 17.9 Å². The highest BCUT2D eigenvalue weighted by Crippen LogP contribution is 2.32. The molecule has 0 radical (unpaired) electrons. The minimum absolute atomic E-state index is 0.00105. The first-order valence-electron chi connectivity index (χ1n) is 7.02. The first kappa shape index (κ1) is 14.7. The Morgan fingerprint density at radius 1 is 1.27 bits per heavy atom. The fourth-order valence-electron chi connectivity index (χ4n) is 2.35. The van der Waals surface area contributed by atoms with Crippen LogP contribution < -0.4 is 10.6 Å². The molecule has 2 N–H and O–H groups in total. The van der Waals surface area contributed by atoms with Crippen LogP contribution in [0.15, 0.2) is 47.4 Å². The van der Waals surface area contributed by atoms with Gasteiger partial charge in [0.25, 0.3) is 0 Å². The molecule has 3 rings (SSSR count). The molecule has 1 aliphatic heterocycles. The number of hydrogen-bond acceptors (Lipinski definition) is 3. The molecule has 1 heterocycles. The number of thioether (sulfide) groups is 1. The quantitative estimate of drug-likeness (QED) is 0.915. The van der Waals surface area contributed by atoms with E-state index in [0.29, 0.717) is 5.75 Å². The highest BCUT2D eigenvalue weighted by Gasteiger charge is 2.16. The molecule has 112 valence electrons. The van der Waals surface area contributed by atoms with Crippen molar-refractivity contribution in [2.24, 2.45) is 0 Å². The number of fused-ring (bicyclic) bond motifs is 1. The second kappa shape index (κ2) is 6.23. The maximum absolute atomic E-state index is 12.1. The molecule has 0 saturated carbocycles. The van der Waals surface area contributed by atoms with Crippen molar-refractivity contribution < 1.29 is 9.59 Å². The molecule has 0 saturated heterocycles. The van der Waals surface area contributed by atoms with Crippen LogP contribution in [0.3, 0.4) is 0 Å². The van der Waals surface area contributed by atoms with E-state index in [1.54, 1.807) is 0 Å². The van der Waals surface area contributed by atoms with Gasteiger partial charge in [-0.25, -0.2) is 0 Å². The summed E-state index contributed by atoms with van der Waals surface area (Å²) in [6.07, 6.45) is 0.280. The first-order valence-corrected chi connectivity index (χ1v) is 8.01. The van der Waals surface area contributed by atoms with Gasteiger partial charge in [-0.15, -0.1) is 11.8 Å². The van der Waals surface area contributed by atoms with Gasteiger partial charge in [-0.1, -0.05) is 18.2 Å². The molecule has 0 fully saturated rings. The molecule has 2 aromatic rings.